The molecule has 6 nitrogen and oxygen atoms in total. The predicted molar refractivity (Wildman–Crippen MR) is 110 cm³/mol. The Labute approximate surface area is 163 Å². The molecule has 1 aliphatic heterocycles. The predicted octanol–water partition coefficient (Wildman–Crippen LogP) is 2.95. The van der Waals surface area contributed by atoms with Crippen molar-refractivity contribution < 1.29 is 14.6 Å². The summed E-state index contributed by atoms with van der Waals surface area (Å²) in [5.41, 5.74) is 1.09. The molecule has 0 saturated carbocycles. The molecule has 0 amide bonds. The SMILES string of the molecule is CCNC(=NCc1ccc2c(c1)OCCCO2)NCC(CCO)CC(C)C. The van der Waals surface area contributed by atoms with Crippen LogP contribution in [0.1, 0.15) is 45.6 Å². The largest absolute Gasteiger partial charge is 0.490 e. The molecule has 1 atom stereocenters. The van der Waals surface area contributed by atoms with E-state index in [0.29, 0.717) is 31.6 Å². The second-order valence-electron chi connectivity index (χ2n) is 7.42. The topological polar surface area (TPSA) is 75.1 Å². The molecule has 6 heteroatoms. The molecule has 1 aromatic rings. The second kappa shape index (κ2) is 11.7. The highest BCUT2D eigenvalue weighted by Gasteiger charge is 2.12. The van der Waals surface area contributed by atoms with Crippen molar-refractivity contribution in [2.24, 2.45) is 16.8 Å². The van der Waals surface area contributed by atoms with Crippen LogP contribution in [0.4, 0.5) is 0 Å². The summed E-state index contributed by atoms with van der Waals surface area (Å²) in [6.45, 7) is 10.3. The molecule has 1 unspecified atom stereocenters. The Morgan fingerprint density at radius 1 is 1.19 bits per heavy atom. The van der Waals surface area contributed by atoms with E-state index in [0.717, 1.165) is 55.4 Å². The number of hydrogen-bond donors (Lipinski definition) is 3. The van der Waals surface area contributed by atoms with Gasteiger partial charge in [-0.05, 0) is 49.3 Å². The van der Waals surface area contributed by atoms with Crippen molar-refractivity contribution in [1.82, 2.24) is 10.6 Å². The zero-order chi connectivity index (χ0) is 19.5. The Balaban J connectivity index is 1.96. The van der Waals surface area contributed by atoms with Gasteiger partial charge in [-0.2, -0.15) is 0 Å². The number of nitrogens with one attached hydrogen (secondary N) is 2. The number of hydrogen-bond acceptors (Lipinski definition) is 4. The van der Waals surface area contributed by atoms with Crippen LogP contribution in [0.5, 0.6) is 11.5 Å². The summed E-state index contributed by atoms with van der Waals surface area (Å²) >= 11 is 0. The lowest BCUT2D eigenvalue weighted by Gasteiger charge is -2.20. The van der Waals surface area contributed by atoms with Crippen LogP contribution >= 0.6 is 0 Å². The van der Waals surface area contributed by atoms with Gasteiger partial charge in [0.2, 0.25) is 0 Å². The van der Waals surface area contributed by atoms with E-state index in [2.05, 4.69) is 31.4 Å². The summed E-state index contributed by atoms with van der Waals surface area (Å²) in [6.07, 6.45) is 2.81. The lowest BCUT2D eigenvalue weighted by molar-refractivity contribution is 0.243. The molecule has 0 bridgehead atoms. The van der Waals surface area contributed by atoms with Crippen molar-refractivity contribution >= 4 is 5.96 Å². The fraction of sp³-hybridized carbons (Fsp3) is 0.667. The molecule has 0 spiro atoms. The number of nitrogens with zero attached hydrogens (tertiary/aromatic N) is 1. The first kappa shape index (κ1) is 21.4. The second-order valence-corrected chi connectivity index (χ2v) is 7.42. The van der Waals surface area contributed by atoms with Crippen LogP contribution in [-0.2, 0) is 6.54 Å². The smallest absolute Gasteiger partial charge is 0.191 e. The van der Waals surface area contributed by atoms with E-state index < -0.39 is 0 Å². The van der Waals surface area contributed by atoms with Crippen molar-refractivity contribution in [3.8, 4) is 11.5 Å². The van der Waals surface area contributed by atoms with E-state index in [-0.39, 0.29) is 6.61 Å². The van der Waals surface area contributed by atoms with Gasteiger partial charge in [-0.3, -0.25) is 0 Å². The minimum Gasteiger partial charge on any atom is -0.490 e. The number of aliphatic imine (C=N–C) groups is 1. The van der Waals surface area contributed by atoms with Gasteiger partial charge in [-0.25, -0.2) is 4.99 Å². The zero-order valence-corrected chi connectivity index (χ0v) is 17.0. The number of aliphatic hydroxyl groups excluding tert-OH is 1. The first-order valence-corrected chi connectivity index (χ1v) is 10.1. The Bertz CT molecular complexity index is 590. The van der Waals surface area contributed by atoms with Crippen LogP contribution in [0, 0.1) is 11.8 Å². The molecule has 3 N–H and O–H groups in total. The number of rotatable bonds is 9. The minimum atomic E-state index is 0.226. The van der Waals surface area contributed by atoms with Crippen molar-refractivity contribution in [1.29, 1.82) is 0 Å². The first-order chi connectivity index (χ1) is 13.1. The quantitative estimate of drug-likeness (QED) is 0.456. The third-order valence-electron chi connectivity index (χ3n) is 4.48. The van der Waals surface area contributed by atoms with Gasteiger partial charge in [-0.15, -0.1) is 0 Å². The summed E-state index contributed by atoms with van der Waals surface area (Å²) in [7, 11) is 0. The Hall–Kier alpha value is -1.95. The molecule has 2 rings (SSSR count). The highest BCUT2D eigenvalue weighted by molar-refractivity contribution is 5.79. The van der Waals surface area contributed by atoms with Crippen molar-refractivity contribution in [2.75, 3.05) is 32.9 Å². The molecule has 0 aliphatic carbocycles. The van der Waals surface area contributed by atoms with E-state index in [1.165, 1.54) is 0 Å². The van der Waals surface area contributed by atoms with Gasteiger partial charge in [0, 0.05) is 26.1 Å². The van der Waals surface area contributed by atoms with Gasteiger partial charge in [0.05, 0.1) is 19.8 Å². The van der Waals surface area contributed by atoms with Gasteiger partial charge in [0.25, 0.3) is 0 Å². The minimum absolute atomic E-state index is 0.226. The summed E-state index contributed by atoms with van der Waals surface area (Å²) < 4.78 is 11.4. The van der Waals surface area contributed by atoms with Crippen molar-refractivity contribution in [3.63, 3.8) is 0 Å². The molecule has 0 aromatic heterocycles. The average molecular weight is 378 g/mol. The van der Waals surface area contributed by atoms with Crippen LogP contribution < -0.4 is 20.1 Å². The number of ether oxygens (including phenoxy) is 2. The van der Waals surface area contributed by atoms with Crippen molar-refractivity contribution in [2.45, 2.75) is 46.6 Å². The van der Waals surface area contributed by atoms with Gasteiger partial charge in [0.15, 0.2) is 17.5 Å². The van der Waals surface area contributed by atoms with Crippen LogP contribution in [0.25, 0.3) is 0 Å². The first-order valence-electron chi connectivity index (χ1n) is 10.1. The fourth-order valence-electron chi connectivity index (χ4n) is 3.21. The van der Waals surface area contributed by atoms with Crippen LogP contribution in [0.2, 0.25) is 0 Å². The Morgan fingerprint density at radius 2 is 1.96 bits per heavy atom. The highest BCUT2D eigenvalue weighted by Crippen LogP contribution is 2.30. The molecule has 1 aromatic carbocycles. The Morgan fingerprint density at radius 3 is 2.67 bits per heavy atom. The summed E-state index contributed by atoms with van der Waals surface area (Å²) in [6, 6.07) is 6.01. The lowest BCUT2D eigenvalue weighted by atomic mass is 9.94. The molecule has 0 radical (unpaired) electrons. The summed E-state index contributed by atoms with van der Waals surface area (Å²) in [4.78, 5) is 4.70. The molecule has 1 heterocycles. The van der Waals surface area contributed by atoms with E-state index in [9.17, 15) is 5.11 Å². The summed E-state index contributed by atoms with van der Waals surface area (Å²) in [5, 5.41) is 16.0. The maximum atomic E-state index is 9.29. The van der Waals surface area contributed by atoms with E-state index in [1.54, 1.807) is 0 Å². The van der Waals surface area contributed by atoms with E-state index >= 15 is 0 Å². The van der Waals surface area contributed by atoms with Gasteiger partial charge in [0.1, 0.15) is 0 Å². The molecule has 27 heavy (non-hydrogen) atoms. The number of guanidine groups is 1. The fourth-order valence-corrected chi connectivity index (χ4v) is 3.21. The number of benzene rings is 1. The van der Waals surface area contributed by atoms with Gasteiger partial charge in [-0.1, -0.05) is 19.9 Å². The zero-order valence-electron chi connectivity index (χ0n) is 17.0. The standard InChI is InChI=1S/C21H35N3O3/c1-4-22-21(24-15-18(8-9-25)12-16(2)3)23-14-17-6-7-19-20(13-17)27-11-5-10-26-19/h6-7,13,16,18,25H,4-5,8-12,14-15H2,1-3H3,(H2,22,23,24). The molecular weight excluding hydrogens is 342 g/mol. The molecular formula is C21H35N3O3. The van der Waals surface area contributed by atoms with Gasteiger partial charge < -0.3 is 25.2 Å². The van der Waals surface area contributed by atoms with E-state index in [4.69, 9.17) is 14.5 Å². The molecule has 1 aliphatic rings. The normalized spacial score (nSPS) is 15.4. The van der Waals surface area contributed by atoms with Gasteiger partial charge >= 0.3 is 0 Å². The maximum Gasteiger partial charge on any atom is 0.191 e. The van der Waals surface area contributed by atoms with Crippen LogP contribution in [0.3, 0.4) is 0 Å². The number of fused-ring (bicyclic) bond motifs is 1. The average Bonchev–Trinajstić information content (AvgIpc) is 2.88. The Kier molecular flexibility index (Phi) is 9.25. The number of aliphatic hydroxyl groups is 1. The highest BCUT2D eigenvalue weighted by atomic mass is 16.5. The van der Waals surface area contributed by atoms with Crippen molar-refractivity contribution in [3.05, 3.63) is 23.8 Å². The monoisotopic (exact) mass is 377 g/mol. The molecule has 152 valence electrons. The van der Waals surface area contributed by atoms with Crippen LogP contribution in [0.15, 0.2) is 23.2 Å². The maximum absolute atomic E-state index is 9.29. The van der Waals surface area contributed by atoms with E-state index in [1.807, 2.05) is 18.2 Å². The molecule has 0 saturated heterocycles. The third-order valence-corrected chi connectivity index (χ3v) is 4.48. The van der Waals surface area contributed by atoms with Crippen LogP contribution in [-0.4, -0.2) is 44.0 Å². The lowest BCUT2D eigenvalue weighted by Crippen LogP contribution is -2.40. The summed E-state index contributed by atoms with van der Waals surface area (Å²) in [5.74, 6) is 3.47. The molecule has 0 fully saturated rings. The third kappa shape index (κ3) is 7.67.